The number of nitrogens with one attached hydrogen (secondary N) is 1. The van der Waals surface area contributed by atoms with E-state index in [4.69, 9.17) is 4.74 Å². The van der Waals surface area contributed by atoms with E-state index in [0.717, 1.165) is 19.4 Å². The molecule has 2 nitrogen and oxygen atoms in total. The largest absolute Gasteiger partial charge is 0.376 e. The molecule has 0 aromatic heterocycles. The molecule has 0 amide bonds. The van der Waals surface area contributed by atoms with Gasteiger partial charge in [-0.2, -0.15) is 0 Å². The maximum absolute atomic E-state index is 6.06. The van der Waals surface area contributed by atoms with E-state index in [0.29, 0.717) is 6.04 Å². The Hall–Kier alpha value is -0.860. The Labute approximate surface area is 130 Å². The summed E-state index contributed by atoms with van der Waals surface area (Å²) in [6, 6.07) is 9.48. The normalized spacial score (nSPS) is 19.4. The lowest BCUT2D eigenvalue weighted by Gasteiger charge is -2.43. The molecule has 0 bridgehead atoms. The average molecular weight is 289 g/mol. The molecule has 0 saturated heterocycles. The number of hydrogen-bond donors (Lipinski definition) is 1. The van der Waals surface area contributed by atoms with Gasteiger partial charge in [-0.25, -0.2) is 0 Å². The number of likely N-dealkylation sites (N-methyl/N-ethyl adjacent to an activating group) is 1. The maximum atomic E-state index is 6.06. The summed E-state index contributed by atoms with van der Waals surface area (Å²) < 4.78 is 6.06. The number of methoxy groups -OCH3 is 1. The zero-order valence-corrected chi connectivity index (χ0v) is 14.0. The first kappa shape index (κ1) is 16.5. The van der Waals surface area contributed by atoms with Crippen LogP contribution in [-0.4, -0.2) is 19.3 Å². The summed E-state index contributed by atoms with van der Waals surface area (Å²) in [4.78, 5) is 0. The predicted octanol–water partition coefficient (Wildman–Crippen LogP) is 4.64. The summed E-state index contributed by atoms with van der Waals surface area (Å²) in [6.07, 6.45) is 8.61. The molecule has 1 aliphatic rings. The quantitative estimate of drug-likeness (QED) is 0.789. The summed E-state index contributed by atoms with van der Waals surface area (Å²) in [6.45, 7) is 5.40. The predicted molar refractivity (Wildman–Crippen MR) is 89.7 cm³/mol. The smallest absolute Gasteiger partial charge is 0.0872 e. The number of ether oxygens (including phenoxy) is 1. The van der Waals surface area contributed by atoms with Crippen LogP contribution in [-0.2, 0) is 11.2 Å². The zero-order chi connectivity index (χ0) is 15.1. The number of rotatable bonds is 7. The van der Waals surface area contributed by atoms with E-state index < -0.39 is 0 Å². The van der Waals surface area contributed by atoms with Crippen molar-refractivity contribution in [2.24, 2.45) is 0 Å². The highest BCUT2D eigenvalue weighted by molar-refractivity contribution is 5.27. The molecule has 1 aromatic carbocycles. The second-order valence-corrected chi connectivity index (χ2v) is 6.31. The van der Waals surface area contributed by atoms with Crippen molar-refractivity contribution >= 4 is 0 Å². The van der Waals surface area contributed by atoms with Crippen molar-refractivity contribution < 1.29 is 4.74 Å². The van der Waals surface area contributed by atoms with E-state index in [1.165, 1.54) is 43.2 Å². The van der Waals surface area contributed by atoms with E-state index in [1.807, 2.05) is 7.11 Å². The summed E-state index contributed by atoms with van der Waals surface area (Å²) in [5, 5.41) is 3.69. The molecule has 1 saturated carbocycles. The minimum Gasteiger partial charge on any atom is -0.376 e. The van der Waals surface area contributed by atoms with E-state index in [1.54, 1.807) is 0 Å². The van der Waals surface area contributed by atoms with Crippen LogP contribution in [0.4, 0.5) is 0 Å². The Balaban J connectivity index is 2.24. The van der Waals surface area contributed by atoms with Crippen LogP contribution in [0.2, 0.25) is 0 Å². The Bertz CT molecular complexity index is 406. The fourth-order valence-corrected chi connectivity index (χ4v) is 3.74. The van der Waals surface area contributed by atoms with Crippen molar-refractivity contribution in [1.29, 1.82) is 0 Å². The van der Waals surface area contributed by atoms with Crippen molar-refractivity contribution in [3.05, 3.63) is 35.4 Å². The first-order valence-corrected chi connectivity index (χ1v) is 8.63. The molecule has 118 valence electrons. The van der Waals surface area contributed by atoms with Crippen LogP contribution in [0.1, 0.15) is 69.5 Å². The molecule has 1 unspecified atom stereocenters. The Kier molecular flexibility index (Phi) is 6.25. The van der Waals surface area contributed by atoms with Crippen LogP contribution >= 0.6 is 0 Å². The summed E-state index contributed by atoms with van der Waals surface area (Å²) in [5.74, 6) is 0. The van der Waals surface area contributed by atoms with Crippen LogP contribution in [0.15, 0.2) is 24.3 Å². The summed E-state index contributed by atoms with van der Waals surface area (Å²) >= 11 is 0. The van der Waals surface area contributed by atoms with E-state index in [2.05, 4.69) is 43.4 Å². The lowest BCUT2D eigenvalue weighted by molar-refractivity contribution is -0.0684. The van der Waals surface area contributed by atoms with Gasteiger partial charge in [0, 0.05) is 7.11 Å². The standard InChI is InChI=1S/C19H31NO/c1-4-9-16-10-12-17(13-11-16)18(20-5-2)19(21-3)14-7-6-8-15-19/h10-13,18,20H,4-9,14-15H2,1-3H3. The van der Waals surface area contributed by atoms with Crippen molar-refractivity contribution in [2.75, 3.05) is 13.7 Å². The lowest BCUT2D eigenvalue weighted by atomic mass is 9.76. The van der Waals surface area contributed by atoms with Crippen LogP contribution in [0.25, 0.3) is 0 Å². The topological polar surface area (TPSA) is 21.3 Å². The molecule has 1 aromatic rings. The van der Waals surface area contributed by atoms with E-state index >= 15 is 0 Å². The van der Waals surface area contributed by atoms with E-state index in [9.17, 15) is 0 Å². The molecule has 1 fully saturated rings. The molecular formula is C19H31NO. The highest BCUT2D eigenvalue weighted by Gasteiger charge is 2.40. The number of benzene rings is 1. The second kappa shape index (κ2) is 7.95. The fraction of sp³-hybridized carbons (Fsp3) is 0.684. The Morgan fingerprint density at radius 1 is 1.10 bits per heavy atom. The molecule has 1 N–H and O–H groups in total. The third kappa shape index (κ3) is 3.87. The SMILES string of the molecule is CCCc1ccc(C(NCC)C2(OC)CCCCC2)cc1. The van der Waals surface area contributed by atoms with Crippen molar-refractivity contribution in [3.63, 3.8) is 0 Å². The first-order chi connectivity index (χ1) is 10.3. The fourth-order valence-electron chi connectivity index (χ4n) is 3.74. The van der Waals surface area contributed by atoms with Gasteiger partial charge in [-0.05, 0) is 36.9 Å². The Morgan fingerprint density at radius 2 is 1.76 bits per heavy atom. The van der Waals surface area contributed by atoms with Gasteiger partial charge in [-0.3, -0.25) is 0 Å². The first-order valence-electron chi connectivity index (χ1n) is 8.63. The summed E-state index contributed by atoms with van der Waals surface area (Å²) in [5.41, 5.74) is 2.78. The van der Waals surface area contributed by atoms with Crippen molar-refractivity contribution in [1.82, 2.24) is 5.32 Å². The van der Waals surface area contributed by atoms with Gasteiger partial charge in [0.1, 0.15) is 0 Å². The molecule has 2 heteroatoms. The third-order valence-corrected chi connectivity index (χ3v) is 4.89. The van der Waals surface area contributed by atoms with Crippen molar-refractivity contribution in [2.45, 2.75) is 70.4 Å². The van der Waals surface area contributed by atoms with Gasteiger partial charge in [-0.15, -0.1) is 0 Å². The van der Waals surface area contributed by atoms with Crippen LogP contribution in [0, 0.1) is 0 Å². The number of aryl methyl sites for hydroxylation is 1. The monoisotopic (exact) mass is 289 g/mol. The van der Waals surface area contributed by atoms with Gasteiger partial charge in [0.15, 0.2) is 0 Å². The van der Waals surface area contributed by atoms with Gasteiger partial charge >= 0.3 is 0 Å². The lowest BCUT2D eigenvalue weighted by Crippen LogP contribution is -2.47. The molecular weight excluding hydrogens is 258 g/mol. The van der Waals surface area contributed by atoms with Crippen LogP contribution in [0.5, 0.6) is 0 Å². The number of hydrogen-bond acceptors (Lipinski definition) is 2. The third-order valence-electron chi connectivity index (χ3n) is 4.89. The molecule has 0 heterocycles. The van der Waals surface area contributed by atoms with Gasteiger partial charge in [0.05, 0.1) is 11.6 Å². The van der Waals surface area contributed by atoms with Gasteiger partial charge in [0.25, 0.3) is 0 Å². The molecule has 0 spiro atoms. The zero-order valence-electron chi connectivity index (χ0n) is 14.0. The molecule has 0 radical (unpaired) electrons. The molecule has 0 aliphatic heterocycles. The molecule has 1 aliphatic carbocycles. The summed E-state index contributed by atoms with van der Waals surface area (Å²) in [7, 11) is 1.89. The van der Waals surface area contributed by atoms with Gasteiger partial charge in [0.2, 0.25) is 0 Å². The molecule has 21 heavy (non-hydrogen) atoms. The van der Waals surface area contributed by atoms with Crippen LogP contribution in [0.3, 0.4) is 0 Å². The molecule has 2 rings (SSSR count). The molecule has 1 atom stereocenters. The van der Waals surface area contributed by atoms with Gasteiger partial charge in [-0.1, -0.05) is 63.8 Å². The second-order valence-electron chi connectivity index (χ2n) is 6.31. The maximum Gasteiger partial charge on any atom is 0.0872 e. The van der Waals surface area contributed by atoms with Crippen LogP contribution < -0.4 is 5.32 Å². The van der Waals surface area contributed by atoms with E-state index in [-0.39, 0.29) is 5.60 Å². The highest BCUT2D eigenvalue weighted by atomic mass is 16.5. The minimum absolute atomic E-state index is 0.0272. The average Bonchev–Trinajstić information content (AvgIpc) is 2.54. The minimum atomic E-state index is -0.0272. The Morgan fingerprint density at radius 3 is 2.29 bits per heavy atom. The van der Waals surface area contributed by atoms with Gasteiger partial charge < -0.3 is 10.1 Å². The highest BCUT2D eigenvalue weighted by Crippen LogP contribution is 2.41. The van der Waals surface area contributed by atoms with Crippen molar-refractivity contribution in [3.8, 4) is 0 Å².